The van der Waals surface area contributed by atoms with Gasteiger partial charge in [0, 0.05) is 13.2 Å². The molecule has 0 spiro atoms. The van der Waals surface area contributed by atoms with E-state index in [9.17, 15) is 26.0 Å². The zero-order valence-corrected chi connectivity index (χ0v) is 17.5. The van der Waals surface area contributed by atoms with E-state index in [1.54, 1.807) is 6.92 Å². The van der Waals surface area contributed by atoms with Gasteiger partial charge in [-0.05, 0) is 51.6 Å². The second-order valence-corrected chi connectivity index (χ2v) is 9.26. The number of ether oxygens (including phenoxy) is 1. The number of fused-ring (bicyclic) bond motifs is 1. The molecule has 0 bridgehead atoms. The largest absolute Gasteiger partial charge is 0.490 e. The van der Waals surface area contributed by atoms with Gasteiger partial charge in [-0.1, -0.05) is 6.07 Å². The fourth-order valence-corrected chi connectivity index (χ4v) is 5.18. The van der Waals surface area contributed by atoms with Crippen molar-refractivity contribution in [2.45, 2.75) is 49.0 Å². The van der Waals surface area contributed by atoms with Gasteiger partial charge in [0.05, 0.1) is 23.1 Å². The molecular weight excluding hydrogens is 432 g/mol. The quantitative estimate of drug-likeness (QED) is 0.703. The highest BCUT2D eigenvalue weighted by Gasteiger charge is 2.49. The lowest BCUT2D eigenvalue weighted by Crippen LogP contribution is -2.45. The molecule has 1 N–H and O–H groups in total. The molecule has 1 aromatic rings. The van der Waals surface area contributed by atoms with Gasteiger partial charge in [-0.3, -0.25) is 0 Å². The van der Waals surface area contributed by atoms with Crippen LogP contribution in [0.2, 0.25) is 0 Å². The molecule has 0 aromatic heterocycles. The van der Waals surface area contributed by atoms with Crippen LogP contribution < -0.4 is 0 Å². The minimum atomic E-state index is -5.08. The van der Waals surface area contributed by atoms with Gasteiger partial charge in [0.2, 0.25) is 10.0 Å². The molecule has 2 heterocycles. The number of nitrogens with zero attached hydrogens (tertiary/aromatic N) is 2. The Labute approximate surface area is 172 Å². The molecular formula is C18H24F4N2O5S. The summed E-state index contributed by atoms with van der Waals surface area (Å²) in [6, 6.07) is 3.95. The highest BCUT2D eigenvalue weighted by atomic mass is 32.2. The number of likely N-dealkylation sites (N-methyl/N-ethyl adjacent to an activating group) is 1. The molecule has 0 amide bonds. The van der Waals surface area contributed by atoms with Crippen molar-refractivity contribution < 1.29 is 40.6 Å². The van der Waals surface area contributed by atoms with Crippen LogP contribution in [-0.2, 0) is 19.6 Å². The molecule has 7 nitrogen and oxygen atoms in total. The Morgan fingerprint density at radius 3 is 2.40 bits per heavy atom. The lowest BCUT2D eigenvalue weighted by molar-refractivity contribution is -0.192. The summed E-state index contributed by atoms with van der Waals surface area (Å²) in [5.74, 6) is -3.25. The molecule has 0 radical (unpaired) electrons. The van der Waals surface area contributed by atoms with Crippen LogP contribution in [0, 0.1) is 12.7 Å². The first kappa shape index (κ1) is 24.5. The van der Waals surface area contributed by atoms with Gasteiger partial charge < -0.3 is 14.7 Å². The first-order valence-corrected chi connectivity index (χ1v) is 10.6. The van der Waals surface area contributed by atoms with E-state index in [0.29, 0.717) is 18.7 Å². The van der Waals surface area contributed by atoms with Crippen LogP contribution >= 0.6 is 0 Å². The van der Waals surface area contributed by atoms with Crippen molar-refractivity contribution in [2.75, 3.05) is 27.2 Å². The van der Waals surface area contributed by atoms with Gasteiger partial charge in [0.1, 0.15) is 5.82 Å². The fourth-order valence-electron chi connectivity index (χ4n) is 3.49. The van der Waals surface area contributed by atoms with E-state index in [1.807, 2.05) is 19.0 Å². The van der Waals surface area contributed by atoms with Crippen molar-refractivity contribution in [1.29, 1.82) is 0 Å². The number of sulfonamides is 1. The summed E-state index contributed by atoms with van der Waals surface area (Å²) in [7, 11) is 0.136. The predicted octanol–water partition coefficient (Wildman–Crippen LogP) is 2.25. The molecule has 30 heavy (non-hydrogen) atoms. The van der Waals surface area contributed by atoms with E-state index < -0.39 is 28.0 Å². The standard InChI is InChI=1S/C16H23FN2O3S.C2HF3O2/c1-11-6-7-12(9-13(11)17)23(20,21)19-10-15(18(2)3)16-14(19)5-4-8-22-16;3-2(4,5)1(6)7/h6-7,9,14-16H,4-5,8,10H2,1-3H3;(H,6,7)/t14-,15-,16+;/m1./s1. The number of halogens is 4. The topological polar surface area (TPSA) is 87.2 Å². The van der Waals surface area contributed by atoms with Crippen molar-refractivity contribution in [3.8, 4) is 0 Å². The monoisotopic (exact) mass is 456 g/mol. The van der Waals surface area contributed by atoms with Crippen molar-refractivity contribution >= 4 is 16.0 Å². The molecule has 2 aliphatic heterocycles. The molecule has 2 aliphatic rings. The number of aliphatic carboxylic acids is 1. The predicted molar refractivity (Wildman–Crippen MR) is 99.0 cm³/mol. The molecule has 0 aliphatic carbocycles. The van der Waals surface area contributed by atoms with Gasteiger partial charge >= 0.3 is 12.1 Å². The summed E-state index contributed by atoms with van der Waals surface area (Å²) < 4.78 is 78.9. The minimum Gasteiger partial charge on any atom is -0.475 e. The number of hydrogen-bond acceptors (Lipinski definition) is 5. The Morgan fingerprint density at radius 1 is 1.30 bits per heavy atom. The zero-order valence-electron chi connectivity index (χ0n) is 16.7. The van der Waals surface area contributed by atoms with Crippen LogP contribution in [0.5, 0.6) is 0 Å². The average molecular weight is 456 g/mol. The van der Waals surface area contributed by atoms with Crippen molar-refractivity contribution in [1.82, 2.24) is 9.21 Å². The molecule has 170 valence electrons. The second-order valence-electron chi connectivity index (χ2n) is 7.36. The molecule has 1 aromatic carbocycles. The van der Waals surface area contributed by atoms with Crippen molar-refractivity contribution in [3.05, 3.63) is 29.6 Å². The number of alkyl halides is 3. The third-order valence-electron chi connectivity index (χ3n) is 5.11. The van der Waals surface area contributed by atoms with Crippen molar-refractivity contribution in [3.63, 3.8) is 0 Å². The number of hydrogen-bond donors (Lipinski definition) is 1. The number of rotatable bonds is 3. The highest BCUT2D eigenvalue weighted by Crippen LogP contribution is 2.35. The number of carbonyl (C=O) groups is 1. The van der Waals surface area contributed by atoms with Crippen LogP contribution in [-0.4, -0.2) is 80.3 Å². The van der Waals surface area contributed by atoms with Crippen molar-refractivity contribution in [2.24, 2.45) is 0 Å². The first-order valence-electron chi connectivity index (χ1n) is 9.13. The first-order chi connectivity index (χ1) is 13.8. The number of aryl methyl sites for hydroxylation is 1. The van der Waals surface area contributed by atoms with Crippen LogP contribution in [0.4, 0.5) is 17.6 Å². The van der Waals surface area contributed by atoms with Crippen LogP contribution in [0.1, 0.15) is 18.4 Å². The Hall–Kier alpha value is -1.76. The Kier molecular flexibility index (Phi) is 7.49. The summed E-state index contributed by atoms with van der Waals surface area (Å²) >= 11 is 0. The number of carboxylic acid groups (broad SMARTS) is 1. The van der Waals surface area contributed by atoms with E-state index in [4.69, 9.17) is 14.6 Å². The average Bonchev–Trinajstić information content (AvgIpc) is 3.04. The third kappa shape index (κ3) is 5.29. The summed E-state index contributed by atoms with van der Waals surface area (Å²) in [4.78, 5) is 10.9. The number of benzene rings is 1. The van der Waals surface area contributed by atoms with E-state index in [-0.39, 0.29) is 23.1 Å². The lowest BCUT2D eigenvalue weighted by Gasteiger charge is -2.33. The SMILES string of the molecule is Cc1ccc(S(=O)(=O)N2C[C@@H](N(C)C)[C@H]3OCCC[C@H]32)cc1F.O=C(O)C(F)(F)F. The second kappa shape index (κ2) is 9.16. The van der Waals surface area contributed by atoms with Crippen LogP contribution in [0.25, 0.3) is 0 Å². The Balaban J connectivity index is 0.000000396. The molecule has 0 saturated carbocycles. The van der Waals surface area contributed by atoms with Gasteiger partial charge in [-0.25, -0.2) is 17.6 Å². The smallest absolute Gasteiger partial charge is 0.475 e. The zero-order chi connectivity index (χ0) is 22.9. The van der Waals surface area contributed by atoms with Gasteiger partial charge in [0.25, 0.3) is 0 Å². The van der Waals surface area contributed by atoms with Crippen LogP contribution in [0.3, 0.4) is 0 Å². The molecule has 12 heteroatoms. The summed E-state index contributed by atoms with van der Waals surface area (Å²) in [5, 5.41) is 7.12. The summed E-state index contributed by atoms with van der Waals surface area (Å²) in [5.41, 5.74) is 0.440. The van der Waals surface area contributed by atoms with E-state index in [1.165, 1.54) is 16.4 Å². The summed E-state index contributed by atoms with van der Waals surface area (Å²) in [6.45, 7) is 2.66. The maximum absolute atomic E-state index is 13.8. The van der Waals surface area contributed by atoms with Gasteiger partial charge in [-0.15, -0.1) is 0 Å². The van der Waals surface area contributed by atoms with Gasteiger partial charge in [0.15, 0.2) is 0 Å². The maximum atomic E-state index is 13.8. The van der Waals surface area contributed by atoms with Crippen LogP contribution in [0.15, 0.2) is 23.1 Å². The Bertz CT molecular complexity index is 876. The molecule has 2 saturated heterocycles. The molecule has 0 unspecified atom stereocenters. The molecule has 3 atom stereocenters. The molecule has 2 fully saturated rings. The number of carboxylic acids is 1. The molecule has 3 rings (SSSR count). The normalized spacial score (nSPS) is 24.9. The minimum absolute atomic E-state index is 0.0179. The van der Waals surface area contributed by atoms with Gasteiger partial charge in [-0.2, -0.15) is 17.5 Å². The van der Waals surface area contributed by atoms with E-state index in [0.717, 1.165) is 18.9 Å². The summed E-state index contributed by atoms with van der Waals surface area (Å²) in [6.07, 6.45) is -3.58. The highest BCUT2D eigenvalue weighted by molar-refractivity contribution is 7.89. The lowest BCUT2D eigenvalue weighted by atomic mass is 10.0. The van der Waals surface area contributed by atoms with E-state index in [2.05, 4.69) is 0 Å². The van der Waals surface area contributed by atoms with E-state index >= 15 is 0 Å². The Morgan fingerprint density at radius 2 is 1.90 bits per heavy atom. The maximum Gasteiger partial charge on any atom is 0.490 e. The fraction of sp³-hybridized carbons (Fsp3) is 0.611. The third-order valence-corrected chi connectivity index (χ3v) is 6.99.